The summed E-state index contributed by atoms with van der Waals surface area (Å²) in [6.07, 6.45) is -2.35. The van der Waals surface area contributed by atoms with Crippen molar-refractivity contribution in [2.24, 2.45) is 5.92 Å². The van der Waals surface area contributed by atoms with Crippen LogP contribution in [0.5, 0.6) is 0 Å². The number of aliphatic hydroxyl groups is 1. The molecule has 2 aliphatic carbocycles. The molecule has 1 N–H and O–H groups in total. The smallest absolute Gasteiger partial charge is 0.393 e. The molecule has 0 aromatic rings. The van der Waals surface area contributed by atoms with Crippen LogP contribution in [0.2, 0.25) is 0 Å². The molecule has 0 radical (unpaired) electrons. The first-order valence-electron chi connectivity index (χ1n) is 6.93. The van der Waals surface area contributed by atoms with E-state index in [4.69, 9.17) is 4.74 Å². The number of rotatable bonds is 5. The molecule has 3 nitrogen and oxygen atoms in total. The second kappa shape index (κ2) is 5.97. The van der Waals surface area contributed by atoms with Gasteiger partial charge in [0.1, 0.15) is 0 Å². The van der Waals surface area contributed by atoms with E-state index in [0.29, 0.717) is 13.2 Å². The SMILES string of the molecule is COCCN(C1CC1)C1CC(O)CCC1C(F)(F)F. The normalized spacial score (nSPS) is 32.8. The minimum absolute atomic E-state index is 0.0333. The molecule has 0 saturated heterocycles. The van der Waals surface area contributed by atoms with Gasteiger partial charge in [0.2, 0.25) is 0 Å². The predicted octanol–water partition coefficient (Wildman–Crippen LogP) is 2.19. The second-order valence-electron chi connectivity index (χ2n) is 5.64. The highest BCUT2D eigenvalue weighted by atomic mass is 19.4. The van der Waals surface area contributed by atoms with Crippen molar-refractivity contribution >= 4 is 0 Å². The number of methoxy groups -OCH3 is 1. The molecule has 0 aromatic carbocycles. The molecule has 2 rings (SSSR count). The third-order valence-electron chi connectivity index (χ3n) is 4.20. The summed E-state index contributed by atoms with van der Waals surface area (Å²) in [6, 6.07) is -0.346. The van der Waals surface area contributed by atoms with Crippen molar-refractivity contribution in [1.82, 2.24) is 4.90 Å². The zero-order valence-corrected chi connectivity index (χ0v) is 11.2. The Bertz CT molecular complexity index is 294. The van der Waals surface area contributed by atoms with Crippen LogP contribution in [0.4, 0.5) is 13.2 Å². The summed E-state index contributed by atoms with van der Waals surface area (Å²) >= 11 is 0. The fourth-order valence-corrected chi connectivity index (χ4v) is 3.10. The molecule has 3 unspecified atom stereocenters. The summed E-state index contributed by atoms with van der Waals surface area (Å²) in [5.41, 5.74) is 0. The minimum Gasteiger partial charge on any atom is -0.393 e. The predicted molar refractivity (Wildman–Crippen MR) is 64.8 cm³/mol. The quantitative estimate of drug-likeness (QED) is 0.838. The number of aliphatic hydroxyl groups excluding tert-OH is 1. The molecule has 2 aliphatic rings. The van der Waals surface area contributed by atoms with Crippen LogP contribution in [0.1, 0.15) is 32.1 Å². The van der Waals surface area contributed by atoms with Crippen LogP contribution in [0.25, 0.3) is 0 Å². The molecule has 6 heteroatoms. The first-order valence-corrected chi connectivity index (χ1v) is 6.93. The van der Waals surface area contributed by atoms with E-state index in [-0.39, 0.29) is 25.3 Å². The van der Waals surface area contributed by atoms with Gasteiger partial charge >= 0.3 is 6.18 Å². The van der Waals surface area contributed by atoms with Gasteiger partial charge in [-0.05, 0) is 32.1 Å². The van der Waals surface area contributed by atoms with E-state index in [0.717, 1.165) is 12.8 Å². The van der Waals surface area contributed by atoms with Gasteiger partial charge in [-0.3, -0.25) is 4.90 Å². The average molecular weight is 281 g/mol. The van der Waals surface area contributed by atoms with Crippen LogP contribution in [-0.4, -0.2) is 54.6 Å². The van der Waals surface area contributed by atoms with Crippen molar-refractivity contribution in [1.29, 1.82) is 0 Å². The summed E-state index contributed by atoms with van der Waals surface area (Å²) in [5.74, 6) is -1.31. The van der Waals surface area contributed by atoms with Crippen molar-refractivity contribution < 1.29 is 23.0 Å². The van der Waals surface area contributed by atoms with E-state index in [1.807, 2.05) is 4.90 Å². The van der Waals surface area contributed by atoms with Crippen molar-refractivity contribution in [3.63, 3.8) is 0 Å². The van der Waals surface area contributed by atoms with E-state index in [9.17, 15) is 18.3 Å². The molecule has 0 bridgehead atoms. The summed E-state index contributed by atoms with van der Waals surface area (Å²) in [4.78, 5) is 1.92. The van der Waals surface area contributed by atoms with E-state index < -0.39 is 24.2 Å². The molecule has 2 saturated carbocycles. The largest absolute Gasteiger partial charge is 0.393 e. The van der Waals surface area contributed by atoms with Crippen LogP contribution < -0.4 is 0 Å². The van der Waals surface area contributed by atoms with Crippen LogP contribution in [0.15, 0.2) is 0 Å². The van der Waals surface area contributed by atoms with Crippen LogP contribution in [0, 0.1) is 5.92 Å². The minimum atomic E-state index is -4.18. The lowest BCUT2D eigenvalue weighted by Gasteiger charge is -2.42. The highest BCUT2D eigenvalue weighted by Gasteiger charge is 2.51. The van der Waals surface area contributed by atoms with Crippen molar-refractivity contribution in [3.8, 4) is 0 Å². The molecule has 19 heavy (non-hydrogen) atoms. The maximum Gasteiger partial charge on any atom is 0.393 e. The summed E-state index contributed by atoms with van der Waals surface area (Å²) in [7, 11) is 1.56. The van der Waals surface area contributed by atoms with Gasteiger partial charge < -0.3 is 9.84 Å². The Labute approximate surface area is 111 Å². The van der Waals surface area contributed by atoms with Crippen molar-refractivity contribution in [3.05, 3.63) is 0 Å². The van der Waals surface area contributed by atoms with Crippen molar-refractivity contribution in [2.75, 3.05) is 20.3 Å². The molecular formula is C13H22F3NO2. The number of alkyl halides is 3. The maximum atomic E-state index is 13.1. The number of hydrogen-bond acceptors (Lipinski definition) is 3. The fourth-order valence-electron chi connectivity index (χ4n) is 3.10. The summed E-state index contributed by atoms with van der Waals surface area (Å²) in [6.45, 7) is 0.957. The number of halogens is 3. The topological polar surface area (TPSA) is 32.7 Å². The Kier molecular flexibility index (Phi) is 4.74. The monoisotopic (exact) mass is 281 g/mol. The van der Waals surface area contributed by atoms with E-state index in [1.54, 1.807) is 7.11 Å². The van der Waals surface area contributed by atoms with Gasteiger partial charge in [0.05, 0.1) is 18.6 Å². The Morgan fingerprint density at radius 3 is 2.42 bits per heavy atom. The first-order chi connectivity index (χ1) is 8.93. The van der Waals surface area contributed by atoms with Crippen molar-refractivity contribution in [2.45, 2.75) is 56.5 Å². The first kappa shape index (κ1) is 15.1. The van der Waals surface area contributed by atoms with Gasteiger partial charge in [-0.2, -0.15) is 13.2 Å². The van der Waals surface area contributed by atoms with Crippen LogP contribution >= 0.6 is 0 Å². The zero-order chi connectivity index (χ0) is 14.0. The van der Waals surface area contributed by atoms with Gasteiger partial charge in [0.15, 0.2) is 0 Å². The lowest BCUT2D eigenvalue weighted by molar-refractivity contribution is -0.206. The standard InChI is InChI=1S/C13H22F3NO2/c1-19-7-6-17(9-2-3-9)12-8-10(18)4-5-11(12)13(14,15)16/h9-12,18H,2-8H2,1H3. The molecule has 3 atom stereocenters. The Hall–Kier alpha value is -0.330. The maximum absolute atomic E-state index is 13.1. The molecule has 0 heterocycles. The zero-order valence-electron chi connectivity index (χ0n) is 11.2. The molecule has 2 fully saturated rings. The Balaban J connectivity index is 2.09. The van der Waals surface area contributed by atoms with Gasteiger partial charge in [-0.1, -0.05) is 0 Å². The lowest BCUT2D eigenvalue weighted by Crippen LogP contribution is -2.52. The molecule has 0 amide bonds. The number of ether oxygens (including phenoxy) is 1. The molecule has 112 valence electrons. The van der Waals surface area contributed by atoms with Crippen LogP contribution in [-0.2, 0) is 4.74 Å². The highest BCUT2D eigenvalue weighted by Crippen LogP contribution is 2.43. The Morgan fingerprint density at radius 1 is 1.21 bits per heavy atom. The number of hydrogen-bond donors (Lipinski definition) is 1. The summed E-state index contributed by atoms with van der Waals surface area (Å²) < 4.78 is 44.4. The average Bonchev–Trinajstić information content (AvgIpc) is 3.12. The molecule has 0 aliphatic heterocycles. The van der Waals surface area contributed by atoms with E-state index >= 15 is 0 Å². The van der Waals surface area contributed by atoms with Gasteiger partial charge in [-0.25, -0.2) is 0 Å². The van der Waals surface area contributed by atoms with Gasteiger partial charge in [0.25, 0.3) is 0 Å². The summed E-state index contributed by atoms with van der Waals surface area (Å²) in [5, 5.41) is 9.71. The molecular weight excluding hydrogens is 259 g/mol. The lowest BCUT2D eigenvalue weighted by atomic mass is 9.81. The highest BCUT2D eigenvalue weighted by molar-refractivity contribution is 4.96. The van der Waals surface area contributed by atoms with E-state index in [1.165, 1.54) is 0 Å². The van der Waals surface area contributed by atoms with E-state index in [2.05, 4.69) is 0 Å². The third kappa shape index (κ3) is 3.83. The fraction of sp³-hybridized carbons (Fsp3) is 1.00. The molecule has 0 spiro atoms. The van der Waals surface area contributed by atoms with Gasteiger partial charge in [-0.15, -0.1) is 0 Å². The third-order valence-corrected chi connectivity index (χ3v) is 4.20. The number of nitrogens with zero attached hydrogens (tertiary/aromatic N) is 1. The van der Waals surface area contributed by atoms with Gasteiger partial charge in [0, 0.05) is 25.7 Å². The van der Waals surface area contributed by atoms with Crippen LogP contribution in [0.3, 0.4) is 0 Å². The molecule has 0 aromatic heterocycles. The second-order valence-corrected chi connectivity index (χ2v) is 5.64. The Morgan fingerprint density at radius 2 is 1.89 bits per heavy atom.